The van der Waals surface area contributed by atoms with Crippen LogP contribution in [0.5, 0.6) is 0 Å². The molecule has 2 saturated heterocycles. The summed E-state index contributed by atoms with van der Waals surface area (Å²) in [4.78, 5) is 28.4. The molecule has 29 heavy (non-hydrogen) atoms. The van der Waals surface area contributed by atoms with Crippen LogP contribution in [0.3, 0.4) is 0 Å². The molecule has 2 heterocycles. The third-order valence-electron chi connectivity index (χ3n) is 5.70. The summed E-state index contributed by atoms with van der Waals surface area (Å²) in [5.74, 6) is 4.98. The van der Waals surface area contributed by atoms with Crippen LogP contribution in [0.15, 0.2) is 48.5 Å². The molecule has 0 radical (unpaired) electrons. The number of hydrogen-bond acceptors (Lipinski definition) is 2. The molecule has 2 aromatic carbocycles. The summed E-state index contributed by atoms with van der Waals surface area (Å²) < 4.78 is 13.0. The molecule has 0 unspecified atom stereocenters. The zero-order valence-corrected chi connectivity index (χ0v) is 16.6. The predicted molar refractivity (Wildman–Crippen MR) is 109 cm³/mol. The van der Waals surface area contributed by atoms with Crippen LogP contribution in [-0.4, -0.2) is 47.8 Å². The maximum absolute atomic E-state index is 13.0. The van der Waals surface area contributed by atoms with Gasteiger partial charge in [-0.2, -0.15) is 0 Å². The van der Waals surface area contributed by atoms with Crippen LogP contribution in [-0.2, 0) is 4.79 Å². The largest absolute Gasteiger partial charge is 0.339 e. The van der Waals surface area contributed by atoms with E-state index in [2.05, 4.69) is 11.8 Å². The zero-order chi connectivity index (χ0) is 20.4. The number of likely N-dealkylation sites (tertiary alicyclic amines) is 2. The van der Waals surface area contributed by atoms with Gasteiger partial charge in [-0.15, -0.1) is 0 Å². The number of benzene rings is 2. The number of hydrogen-bond donors (Lipinski definition) is 0. The molecule has 1 spiro atoms. The van der Waals surface area contributed by atoms with Gasteiger partial charge >= 0.3 is 0 Å². The number of halogens is 2. The first-order valence-corrected chi connectivity index (χ1v) is 9.93. The van der Waals surface area contributed by atoms with Gasteiger partial charge in [0, 0.05) is 53.7 Å². The van der Waals surface area contributed by atoms with E-state index in [1.165, 1.54) is 24.3 Å². The number of carbonyl (C=O) groups excluding carboxylic acids is 2. The lowest BCUT2D eigenvalue weighted by molar-refractivity contribution is -0.139. The summed E-state index contributed by atoms with van der Waals surface area (Å²) in [6.07, 6.45) is 1.71. The molecule has 2 fully saturated rings. The second kappa shape index (κ2) is 7.88. The fraction of sp³-hybridized carbons (Fsp3) is 0.304. The van der Waals surface area contributed by atoms with Crippen molar-refractivity contribution in [1.29, 1.82) is 0 Å². The Bertz CT molecular complexity index is 976. The van der Waals surface area contributed by atoms with Crippen molar-refractivity contribution in [2.24, 2.45) is 5.41 Å². The minimum absolute atomic E-state index is 0.0686. The standard InChI is InChI=1S/C23H20ClFN2O2/c24-19-6-1-17(2-7-19)3-10-21(28)27-15-23(16-27)11-13-26(14-12-23)22(29)18-4-8-20(25)9-5-18/h1-2,4-9H,11-16H2. The van der Waals surface area contributed by atoms with Gasteiger partial charge in [-0.3, -0.25) is 9.59 Å². The van der Waals surface area contributed by atoms with E-state index in [-0.39, 0.29) is 23.0 Å². The number of nitrogens with zero attached hydrogens (tertiary/aromatic N) is 2. The van der Waals surface area contributed by atoms with Gasteiger partial charge in [0.25, 0.3) is 11.8 Å². The summed E-state index contributed by atoms with van der Waals surface area (Å²) in [6, 6.07) is 12.7. The Morgan fingerprint density at radius 1 is 0.931 bits per heavy atom. The molecule has 2 aliphatic heterocycles. The Morgan fingerprint density at radius 3 is 2.17 bits per heavy atom. The van der Waals surface area contributed by atoms with E-state index in [0.29, 0.717) is 36.8 Å². The van der Waals surface area contributed by atoms with Crippen LogP contribution in [0.2, 0.25) is 5.02 Å². The van der Waals surface area contributed by atoms with Gasteiger partial charge in [-0.05, 0) is 61.4 Å². The number of piperidine rings is 1. The van der Waals surface area contributed by atoms with Crippen molar-refractivity contribution in [3.05, 3.63) is 70.5 Å². The van der Waals surface area contributed by atoms with Gasteiger partial charge < -0.3 is 9.80 Å². The highest BCUT2D eigenvalue weighted by Crippen LogP contribution is 2.40. The van der Waals surface area contributed by atoms with Gasteiger partial charge in [0.2, 0.25) is 0 Å². The molecule has 148 valence electrons. The van der Waals surface area contributed by atoms with E-state index in [1.807, 2.05) is 4.90 Å². The van der Waals surface area contributed by atoms with Crippen molar-refractivity contribution >= 4 is 23.4 Å². The minimum Gasteiger partial charge on any atom is -0.339 e. The Kier molecular flexibility index (Phi) is 5.29. The molecule has 2 aliphatic rings. The molecule has 0 bridgehead atoms. The monoisotopic (exact) mass is 410 g/mol. The van der Waals surface area contributed by atoms with E-state index in [1.54, 1.807) is 29.2 Å². The first kappa shape index (κ1) is 19.5. The molecule has 0 saturated carbocycles. The van der Waals surface area contributed by atoms with Crippen LogP contribution >= 0.6 is 11.6 Å². The second-order valence-corrected chi connectivity index (χ2v) is 8.15. The molecule has 0 aliphatic carbocycles. The SMILES string of the molecule is O=C(C#Cc1ccc(Cl)cc1)N1CC2(CCN(C(=O)c3ccc(F)cc3)CC2)C1. The molecular formula is C23H20ClFN2O2. The van der Waals surface area contributed by atoms with Crippen LogP contribution in [0, 0.1) is 23.1 Å². The molecule has 4 nitrogen and oxygen atoms in total. The first-order chi connectivity index (χ1) is 13.9. The van der Waals surface area contributed by atoms with Gasteiger partial charge in [-0.25, -0.2) is 4.39 Å². The van der Waals surface area contributed by atoms with E-state index in [9.17, 15) is 14.0 Å². The van der Waals surface area contributed by atoms with Gasteiger partial charge in [-0.1, -0.05) is 17.5 Å². The van der Waals surface area contributed by atoms with Crippen LogP contribution in [0.4, 0.5) is 4.39 Å². The van der Waals surface area contributed by atoms with Gasteiger partial charge in [0.15, 0.2) is 0 Å². The maximum Gasteiger partial charge on any atom is 0.298 e. The average Bonchev–Trinajstić information content (AvgIpc) is 2.71. The molecule has 0 N–H and O–H groups in total. The van der Waals surface area contributed by atoms with Crippen molar-refractivity contribution < 1.29 is 14.0 Å². The Hall–Kier alpha value is -2.84. The van der Waals surface area contributed by atoms with Gasteiger partial charge in [0.1, 0.15) is 5.82 Å². The topological polar surface area (TPSA) is 40.6 Å². The number of amides is 2. The molecule has 4 rings (SSSR count). The Labute approximate surface area is 174 Å². The highest BCUT2D eigenvalue weighted by Gasteiger charge is 2.46. The van der Waals surface area contributed by atoms with Crippen LogP contribution in [0.1, 0.15) is 28.8 Å². The third-order valence-corrected chi connectivity index (χ3v) is 5.95. The lowest BCUT2D eigenvalue weighted by Crippen LogP contribution is -2.62. The van der Waals surface area contributed by atoms with E-state index in [4.69, 9.17) is 11.6 Å². The second-order valence-electron chi connectivity index (χ2n) is 7.72. The summed E-state index contributed by atoms with van der Waals surface area (Å²) in [6.45, 7) is 2.66. The molecule has 0 atom stereocenters. The maximum atomic E-state index is 13.0. The lowest BCUT2D eigenvalue weighted by Gasteiger charge is -2.53. The van der Waals surface area contributed by atoms with Crippen LogP contribution < -0.4 is 0 Å². The molecule has 2 amide bonds. The third kappa shape index (κ3) is 4.28. The highest BCUT2D eigenvalue weighted by atomic mass is 35.5. The average molecular weight is 411 g/mol. The lowest BCUT2D eigenvalue weighted by atomic mass is 9.72. The van der Waals surface area contributed by atoms with Crippen molar-refractivity contribution in [2.45, 2.75) is 12.8 Å². The molecule has 6 heteroatoms. The molecule has 0 aromatic heterocycles. The normalized spacial score (nSPS) is 17.3. The van der Waals surface area contributed by atoms with Crippen molar-refractivity contribution in [3.8, 4) is 11.8 Å². The van der Waals surface area contributed by atoms with Crippen molar-refractivity contribution in [2.75, 3.05) is 26.2 Å². The number of carbonyl (C=O) groups is 2. The minimum atomic E-state index is -0.350. The fourth-order valence-electron chi connectivity index (χ4n) is 3.92. The molecule has 2 aromatic rings. The smallest absolute Gasteiger partial charge is 0.298 e. The summed E-state index contributed by atoms with van der Waals surface area (Å²) in [5, 5.41) is 0.635. The zero-order valence-electron chi connectivity index (χ0n) is 15.8. The quantitative estimate of drug-likeness (QED) is 0.674. The van der Waals surface area contributed by atoms with E-state index >= 15 is 0 Å². The Balaban J connectivity index is 1.29. The number of rotatable bonds is 1. The van der Waals surface area contributed by atoms with Crippen molar-refractivity contribution in [1.82, 2.24) is 9.80 Å². The summed E-state index contributed by atoms with van der Waals surface area (Å²) in [5.41, 5.74) is 1.34. The summed E-state index contributed by atoms with van der Waals surface area (Å²) >= 11 is 5.85. The highest BCUT2D eigenvalue weighted by molar-refractivity contribution is 6.30. The predicted octanol–water partition coefficient (Wildman–Crippen LogP) is 3.60. The molecular weight excluding hydrogens is 391 g/mol. The summed E-state index contributed by atoms with van der Waals surface area (Å²) in [7, 11) is 0. The van der Waals surface area contributed by atoms with Crippen molar-refractivity contribution in [3.63, 3.8) is 0 Å². The van der Waals surface area contributed by atoms with Gasteiger partial charge in [0.05, 0.1) is 0 Å². The Morgan fingerprint density at radius 2 is 1.55 bits per heavy atom. The fourth-order valence-corrected chi connectivity index (χ4v) is 4.05. The first-order valence-electron chi connectivity index (χ1n) is 9.56. The van der Waals surface area contributed by atoms with E-state index < -0.39 is 0 Å². The van der Waals surface area contributed by atoms with E-state index in [0.717, 1.165) is 18.4 Å². The van der Waals surface area contributed by atoms with Crippen LogP contribution in [0.25, 0.3) is 0 Å².